The number of carbonyl (C=O) groups is 2. The number of amides is 1. The zero-order chi connectivity index (χ0) is 22.4. The Kier molecular flexibility index (Phi) is 5.41. The summed E-state index contributed by atoms with van der Waals surface area (Å²) < 4.78 is 38.6. The third-order valence-electron chi connectivity index (χ3n) is 5.94. The van der Waals surface area contributed by atoms with Gasteiger partial charge in [-0.15, -0.1) is 0 Å². The fraction of sp³-hybridized carbons (Fsp3) is 0.348. The van der Waals surface area contributed by atoms with Crippen LogP contribution in [0.3, 0.4) is 0 Å². The van der Waals surface area contributed by atoms with E-state index in [1.54, 1.807) is 25.1 Å². The summed E-state index contributed by atoms with van der Waals surface area (Å²) in [7, 11) is 0. The average molecular weight is 449 g/mol. The molecule has 1 spiro atoms. The van der Waals surface area contributed by atoms with Gasteiger partial charge in [-0.25, -0.2) is 0 Å². The van der Waals surface area contributed by atoms with Gasteiger partial charge in [-0.2, -0.15) is 13.2 Å². The van der Waals surface area contributed by atoms with Crippen molar-refractivity contribution >= 4 is 29.0 Å². The second-order valence-electron chi connectivity index (χ2n) is 8.00. The smallest absolute Gasteiger partial charge is 0.305 e. The SMILES string of the molecule is Cc1cc(C(=O)CN2C(=O)C(c3ccc(C(F)(F)F)cc3)=NC23CCCC3)ccc1Cl. The van der Waals surface area contributed by atoms with E-state index in [0.29, 0.717) is 29.0 Å². The summed E-state index contributed by atoms with van der Waals surface area (Å²) >= 11 is 6.04. The molecule has 0 unspecified atom stereocenters. The number of nitrogens with zero attached hydrogens (tertiary/aromatic N) is 2. The molecule has 0 aromatic heterocycles. The largest absolute Gasteiger partial charge is 0.416 e. The van der Waals surface area contributed by atoms with Crippen LogP contribution in [0.2, 0.25) is 5.02 Å². The highest BCUT2D eigenvalue weighted by atomic mass is 35.5. The van der Waals surface area contributed by atoms with Gasteiger partial charge in [0.15, 0.2) is 5.78 Å². The Morgan fingerprint density at radius 1 is 1.13 bits per heavy atom. The molecule has 1 aliphatic carbocycles. The van der Waals surface area contributed by atoms with Crippen molar-refractivity contribution in [2.45, 2.75) is 44.4 Å². The molecule has 31 heavy (non-hydrogen) atoms. The van der Waals surface area contributed by atoms with Crippen molar-refractivity contribution in [3.63, 3.8) is 0 Å². The molecule has 4 nitrogen and oxygen atoms in total. The summed E-state index contributed by atoms with van der Waals surface area (Å²) in [6.45, 7) is 1.65. The molecule has 0 bridgehead atoms. The van der Waals surface area contributed by atoms with Gasteiger partial charge in [0.1, 0.15) is 11.4 Å². The van der Waals surface area contributed by atoms with Crippen LogP contribution < -0.4 is 0 Å². The van der Waals surface area contributed by atoms with Crippen LogP contribution in [0.25, 0.3) is 0 Å². The molecule has 2 aromatic rings. The fourth-order valence-corrected chi connectivity index (χ4v) is 4.35. The van der Waals surface area contributed by atoms with Crippen LogP contribution in [0.1, 0.15) is 52.7 Å². The van der Waals surface area contributed by atoms with Gasteiger partial charge in [0, 0.05) is 16.1 Å². The molecule has 0 N–H and O–H groups in total. The van der Waals surface area contributed by atoms with Gasteiger partial charge in [0.25, 0.3) is 5.91 Å². The van der Waals surface area contributed by atoms with E-state index < -0.39 is 23.3 Å². The number of benzene rings is 2. The molecule has 162 valence electrons. The van der Waals surface area contributed by atoms with Crippen LogP contribution in [0.5, 0.6) is 0 Å². The molecule has 0 radical (unpaired) electrons. The maximum absolute atomic E-state index is 13.2. The quantitative estimate of drug-likeness (QED) is 0.584. The fourth-order valence-electron chi connectivity index (χ4n) is 4.23. The van der Waals surface area contributed by atoms with Crippen molar-refractivity contribution in [3.8, 4) is 0 Å². The predicted molar refractivity (Wildman–Crippen MR) is 111 cm³/mol. The zero-order valence-electron chi connectivity index (χ0n) is 16.8. The van der Waals surface area contributed by atoms with E-state index in [0.717, 1.165) is 30.5 Å². The van der Waals surface area contributed by atoms with Gasteiger partial charge >= 0.3 is 6.18 Å². The van der Waals surface area contributed by atoms with Crippen molar-refractivity contribution in [1.29, 1.82) is 0 Å². The van der Waals surface area contributed by atoms with Crippen LogP contribution in [0, 0.1) is 6.92 Å². The molecular formula is C23H20ClF3N2O2. The van der Waals surface area contributed by atoms with Gasteiger partial charge in [-0.05, 0) is 68.5 Å². The molecule has 8 heteroatoms. The van der Waals surface area contributed by atoms with Crippen molar-refractivity contribution in [2.24, 2.45) is 4.99 Å². The molecule has 2 aliphatic rings. The average Bonchev–Trinajstić information content (AvgIpc) is 3.30. The van der Waals surface area contributed by atoms with Gasteiger partial charge in [0.2, 0.25) is 0 Å². The maximum atomic E-state index is 13.2. The second kappa shape index (κ2) is 7.79. The molecule has 1 fully saturated rings. The van der Waals surface area contributed by atoms with Gasteiger partial charge in [-0.3, -0.25) is 14.6 Å². The van der Waals surface area contributed by atoms with Crippen LogP contribution in [-0.4, -0.2) is 34.5 Å². The number of halogens is 4. The van der Waals surface area contributed by atoms with Crippen LogP contribution in [0.15, 0.2) is 47.5 Å². The highest BCUT2D eigenvalue weighted by Gasteiger charge is 2.49. The summed E-state index contributed by atoms with van der Waals surface area (Å²) in [4.78, 5) is 32.3. The Morgan fingerprint density at radius 2 is 1.77 bits per heavy atom. The van der Waals surface area contributed by atoms with Crippen LogP contribution >= 0.6 is 11.6 Å². The number of aliphatic imine (C=N–C) groups is 1. The highest BCUT2D eigenvalue weighted by molar-refractivity contribution is 6.47. The molecule has 1 heterocycles. The third-order valence-corrected chi connectivity index (χ3v) is 6.37. The summed E-state index contributed by atoms with van der Waals surface area (Å²) in [6.07, 6.45) is -1.49. The lowest BCUT2D eigenvalue weighted by molar-refractivity contribution is -0.137. The molecule has 4 rings (SSSR count). The normalized spacial score (nSPS) is 18.0. The lowest BCUT2D eigenvalue weighted by Crippen LogP contribution is -2.47. The van der Waals surface area contributed by atoms with Gasteiger partial charge in [-0.1, -0.05) is 23.7 Å². The Balaban J connectivity index is 1.63. The Labute approximate surface area is 182 Å². The van der Waals surface area contributed by atoms with Crippen LogP contribution in [0.4, 0.5) is 13.2 Å². The molecule has 1 saturated carbocycles. The van der Waals surface area contributed by atoms with Crippen LogP contribution in [-0.2, 0) is 11.0 Å². The number of rotatable bonds is 4. The minimum atomic E-state index is -4.46. The number of Topliss-reactive ketones (excluding diaryl/α,β-unsaturated/α-hetero) is 1. The lowest BCUT2D eigenvalue weighted by atomic mass is 10.0. The summed E-state index contributed by atoms with van der Waals surface area (Å²) in [5.74, 6) is -0.663. The number of ketones is 1. The topological polar surface area (TPSA) is 49.7 Å². The summed E-state index contributed by atoms with van der Waals surface area (Å²) in [6, 6.07) is 9.35. The van der Waals surface area contributed by atoms with Gasteiger partial charge in [0.05, 0.1) is 12.1 Å². The maximum Gasteiger partial charge on any atom is 0.416 e. The highest BCUT2D eigenvalue weighted by Crippen LogP contribution is 2.41. The van der Waals surface area contributed by atoms with E-state index in [9.17, 15) is 22.8 Å². The predicted octanol–water partition coefficient (Wildman–Crippen LogP) is 5.45. The number of hydrogen-bond acceptors (Lipinski definition) is 3. The van der Waals surface area contributed by atoms with Gasteiger partial charge < -0.3 is 4.90 Å². The Morgan fingerprint density at radius 3 is 2.35 bits per heavy atom. The summed E-state index contributed by atoms with van der Waals surface area (Å²) in [5, 5.41) is 0.550. The molecular weight excluding hydrogens is 429 g/mol. The second-order valence-corrected chi connectivity index (χ2v) is 8.41. The monoisotopic (exact) mass is 448 g/mol. The Hall–Kier alpha value is -2.67. The minimum Gasteiger partial charge on any atom is -0.305 e. The Bertz CT molecular complexity index is 1070. The number of hydrogen-bond donors (Lipinski definition) is 0. The summed E-state index contributed by atoms with van der Waals surface area (Å²) in [5.41, 5.74) is 0.0374. The first-order valence-corrected chi connectivity index (χ1v) is 10.4. The third kappa shape index (κ3) is 3.99. The molecule has 0 atom stereocenters. The van der Waals surface area contributed by atoms with Crippen molar-refractivity contribution in [2.75, 3.05) is 6.54 Å². The standard InChI is InChI=1S/C23H20ClF3N2O2/c1-14-12-16(6-9-18(14)24)19(30)13-29-21(31)20(28-22(29)10-2-3-11-22)15-4-7-17(8-5-15)23(25,26)27/h4-9,12H,2-3,10-11,13H2,1H3. The number of aryl methyl sites for hydroxylation is 1. The number of alkyl halides is 3. The van der Waals surface area contributed by atoms with E-state index in [1.807, 2.05) is 0 Å². The van der Waals surface area contributed by atoms with Crippen molar-refractivity contribution in [1.82, 2.24) is 4.90 Å². The van der Waals surface area contributed by atoms with E-state index in [1.165, 1.54) is 17.0 Å². The lowest BCUT2D eigenvalue weighted by Gasteiger charge is -2.32. The van der Waals surface area contributed by atoms with Crippen molar-refractivity contribution < 1.29 is 22.8 Å². The van der Waals surface area contributed by atoms with E-state index in [-0.39, 0.29) is 18.0 Å². The van der Waals surface area contributed by atoms with Crippen molar-refractivity contribution in [3.05, 3.63) is 69.7 Å². The van der Waals surface area contributed by atoms with E-state index in [2.05, 4.69) is 4.99 Å². The molecule has 0 saturated heterocycles. The zero-order valence-corrected chi connectivity index (χ0v) is 17.6. The first-order chi connectivity index (χ1) is 14.6. The first kappa shape index (κ1) is 21.6. The molecule has 2 aromatic carbocycles. The number of carbonyl (C=O) groups excluding carboxylic acids is 2. The van der Waals surface area contributed by atoms with E-state index in [4.69, 9.17) is 11.6 Å². The molecule has 1 amide bonds. The first-order valence-electron chi connectivity index (χ1n) is 9.99. The van der Waals surface area contributed by atoms with E-state index >= 15 is 0 Å². The minimum absolute atomic E-state index is 0.107. The molecule has 1 aliphatic heterocycles.